The molecule has 2 N–H and O–H groups in total. The van der Waals surface area contributed by atoms with Crippen molar-refractivity contribution in [3.05, 3.63) is 33.7 Å². The molecule has 0 fully saturated rings. The third kappa shape index (κ3) is 3.59. The number of methoxy groups -OCH3 is 2. The van der Waals surface area contributed by atoms with Crippen molar-refractivity contribution in [2.24, 2.45) is 5.10 Å². The minimum absolute atomic E-state index is 0.206. The van der Waals surface area contributed by atoms with Gasteiger partial charge in [-0.2, -0.15) is 20.0 Å². The van der Waals surface area contributed by atoms with Gasteiger partial charge in [0.15, 0.2) is 11.5 Å². The van der Waals surface area contributed by atoms with E-state index in [1.807, 2.05) is 0 Å². The molecule has 30 heavy (non-hydrogen) atoms. The summed E-state index contributed by atoms with van der Waals surface area (Å²) < 4.78 is 17.8. The minimum Gasteiger partial charge on any atom is -0.493 e. The van der Waals surface area contributed by atoms with Gasteiger partial charge in [0.05, 0.1) is 20.4 Å². The number of H-pyrrole nitrogens is 2. The SMILES string of the molecule is COc1cc(/C=N/n2c(-c3n[nH]c4c3CCC4)n[nH]c2=S)cc(OC)c1OC(C)=O. The lowest BCUT2D eigenvalue weighted by Gasteiger charge is -2.13. The molecule has 0 saturated heterocycles. The molecule has 10 nitrogen and oxygen atoms in total. The molecule has 0 amide bonds. The monoisotopic (exact) mass is 428 g/mol. The number of carbonyl (C=O) groups is 1. The number of aromatic amines is 2. The van der Waals surface area contributed by atoms with Gasteiger partial charge in [0, 0.05) is 23.7 Å². The predicted octanol–water partition coefficient (Wildman–Crippen LogP) is 2.64. The number of hydrogen-bond donors (Lipinski definition) is 2. The summed E-state index contributed by atoms with van der Waals surface area (Å²) in [4.78, 5) is 11.4. The Kier molecular flexibility index (Phi) is 5.36. The van der Waals surface area contributed by atoms with Crippen LogP contribution >= 0.6 is 12.2 Å². The van der Waals surface area contributed by atoms with E-state index in [4.69, 9.17) is 26.4 Å². The number of esters is 1. The number of fused-ring (bicyclic) bond motifs is 1. The van der Waals surface area contributed by atoms with Crippen molar-refractivity contribution in [2.75, 3.05) is 14.2 Å². The molecular weight excluding hydrogens is 408 g/mol. The van der Waals surface area contributed by atoms with Crippen molar-refractivity contribution in [3.8, 4) is 28.8 Å². The van der Waals surface area contributed by atoms with Crippen LogP contribution in [0.1, 0.15) is 30.2 Å². The number of nitrogens with one attached hydrogen (secondary N) is 2. The van der Waals surface area contributed by atoms with Crippen LogP contribution < -0.4 is 14.2 Å². The van der Waals surface area contributed by atoms with E-state index in [1.165, 1.54) is 25.8 Å². The summed E-state index contributed by atoms with van der Waals surface area (Å²) >= 11 is 5.34. The highest BCUT2D eigenvalue weighted by atomic mass is 32.1. The summed E-state index contributed by atoms with van der Waals surface area (Å²) in [7, 11) is 2.95. The van der Waals surface area contributed by atoms with Gasteiger partial charge in [0.1, 0.15) is 5.69 Å². The van der Waals surface area contributed by atoms with Crippen molar-refractivity contribution in [1.29, 1.82) is 0 Å². The standard InChI is InChI=1S/C19H20N6O4S/c1-10(26)29-17-14(27-2)7-11(8-15(17)28-3)9-20-25-18(23-24-19(25)30)16-12-5-4-6-13(12)21-22-16/h7-9H,4-6H2,1-3H3,(H,21,22)(H,24,30)/b20-9+. The van der Waals surface area contributed by atoms with E-state index in [-0.39, 0.29) is 5.75 Å². The maximum atomic E-state index is 11.4. The fraction of sp³-hybridized carbons (Fsp3) is 0.316. The van der Waals surface area contributed by atoms with Crippen molar-refractivity contribution >= 4 is 24.4 Å². The lowest BCUT2D eigenvalue weighted by atomic mass is 10.2. The maximum absolute atomic E-state index is 11.4. The molecule has 0 atom stereocenters. The fourth-order valence-electron chi connectivity index (χ4n) is 3.40. The third-order valence-electron chi connectivity index (χ3n) is 4.72. The zero-order valence-electron chi connectivity index (χ0n) is 16.7. The molecule has 2 heterocycles. The number of benzene rings is 1. The van der Waals surface area contributed by atoms with Gasteiger partial charge >= 0.3 is 5.97 Å². The second-order valence-corrected chi connectivity index (χ2v) is 7.03. The van der Waals surface area contributed by atoms with E-state index in [0.29, 0.717) is 27.7 Å². The van der Waals surface area contributed by atoms with Gasteiger partial charge in [-0.3, -0.25) is 9.89 Å². The van der Waals surface area contributed by atoms with E-state index in [2.05, 4.69) is 25.5 Å². The first-order valence-corrected chi connectivity index (χ1v) is 9.65. The van der Waals surface area contributed by atoms with Crippen molar-refractivity contribution < 1.29 is 19.0 Å². The molecule has 0 saturated carbocycles. The molecule has 1 aliphatic carbocycles. The highest BCUT2D eigenvalue weighted by Gasteiger charge is 2.23. The Morgan fingerprint density at radius 1 is 1.20 bits per heavy atom. The minimum atomic E-state index is -0.478. The number of ether oxygens (including phenoxy) is 3. The van der Waals surface area contributed by atoms with Crippen LogP contribution in [0.25, 0.3) is 11.5 Å². The summed E-state index contributed by atoms with van der Waals surface area (Å²) in [5.41, 5.74) is 3.67. The normalized spacial score (nSPS) is 12.9. The first-order chi connectivity index (χ1) is 14.5. The fourth-order valence-corrected chi connectivity index (χ4v) is 3.58. The zero-order valence-corrected chi connectivity index (χ0v) is 17.5. The van der Waals surface area contributed by atoms with Gasteiger partial charge in [-0.15, -0.1) is 0 Å². The quantitative estimate of drug-likeness (QED) is 0.268. The van der Waals surface area contributed by atoms with E-state index in [0.717, 1.165) is 36.2 Å². The summed E-state index contributed by atoms with van der Waals surface area (Å²) in [5, 5.41) is 19.0. The highest BCUT2D eigenvalue weighted by Crippen LogP contribution is 2.38. The Morgan fingerprint density at radius 3 is 2.60 bits per heavy atom. The second kappa shape index (κ2) is 8.11. The van der Waals surface area contributed by atoms with Crippen LogP contribution in [0.2, 0.25) is 0 Å². The molecule has 2 aromatic heterocycles. The molecule has 0 radical (unpaired) electrons. The lowest BCUT2D eigenvalue weighted by Crippen LogP contribution is -2.05. The molecule has 0 spiro atoms. The van der Waals surface area contributed by atoms with E-state index >= 15 is 0 Å². The van der Waals surface area contributed by atoms with Crippen LogP contribution in [0.4, 0.5) is 0 Å². The van der Waals surface area contributed by atoms with Crippen LogP contribution in [0, 0.1) is 4.77 Å². The Labute approximate surface area is 176 Å². The largest absolute Gasteiger partial charge is 0.493 e. The van der Waals surface area contributed by atoms with Gasteiger partial charge in [0.25, 0.3) is 0 Å². The number of rotatable bonds is 6. The molecular formula is C19H20N6O4S. The number of carbonyl (C=O) groups excluding carboxylic acids is 1. The zero-order chi connectivity index (χ0) is 21.3. The van der Waals surface area contributed by atoms with Crippen molar-refractivity contribution in [2.45, 2.75) is 26.2 Å². The first-order valence-electron chi connectivity index (χ1n) is 9.24. The molecule has 1 aromatic carbocycles. The van der Waals surface area contributed by atoms with E-state index in [9.17, 15) is 4.79 Å². The number of aryl methyl sites for hydroxylation is 1. The van der Waals surface area contributed by atoms with Crippen LogP contribution in [0.5, 0.6) is 17.2 Å². The van der Waals surface area contributed by atoms with Gasteiger partial charge in [-0.1, -0.05) is 0 Å². The summed E-state index contributed by atoms with van der Waals surface area (Å²) in [6, 6.07) is 3.36. The van der Waals surface area contributed by atoms with Gasteiger partial charge in [-0.25, -0.2) is 5.10 Å². The number of nitrogens with zero attached hydrogens (tertiary/aromatic N) is 4. The van der Waals surface area contributed by atoms with Crippen LogP contribution in [0.3, 0.4) is 0 Å². The highest BCUT2D eigenvalue weighted by molar-refractivity contribution is 7.71. The van der Waals surface area contributed by atoms with Crippen molar-refractivity contribution in [1.82, 2.24) is 25.1 Å². The molecule has 0 unspecified atom stereocenters. The van der Waals surface area contributed by atoms with Crippen LogP contribution in [-0.2, 0) is 17.6 Å². The first kappa shape index (κ1) is 19.8. The topological polar surface area (TPSA) is 119 Å². The summed E-state index contributed by atoms with van der Waals surface area (Å²) in [5.74, 6) is 0.941. The molecule has 4 rings (SSSR count). The number of hydrogen-bond acceptors (Lipinski definition) is 8. The Bertz CT molecular complexity index is 1170. The molecule has 1 aliphatic rings. The number of aromatic nitrogens is 5. The predicted molar refractivity (Wildman–Crippen MR) is 111 cm³/mol. The molecule has 3 aromatic rings. The van der Waals surface area contributed by atoms with E-state index < -0.39 is 5.97 Å². The van der Waals surface area contributed by atoms with Crippen LogP contribution in [-0.4, -0.2) is 51.5 Å². The lowest BCUT2D eigenvalue weighted by molar-refractivity contribution is -0.132. The Morgan fingerprint density at radius 2 is 1.93 bits per heavy atom. The molecule has 11 heteroatoms. The van der Waals surface area contributed by atoms with Crippen molar-refractivity contribution in [3.63, 3.8) is 0 Å². The summed E-state index contributed by atoms with van der Waals surface area (Å²) in [6.07, 6.45) is 4.59. The van der Waals surface area contributed by atoms with Gasteiger partial charge < -0.3 is 14.2 Å². The van der Waals surface area contributed by atoms with Gasteiger partial charge in [0.2, 0.25) is 16.3 Å². The molecule has 156 valence electrons. The summed E-state index contributed by atoms with van der Waals surface area (Å²) in [6.45, 7) is 1.31. The van der Waals surface area contributed by atoms with Gasteiger partial charge in [-0.05, 0) is 43.6 Å². The van der Waals surface area contributed by atoms with Crippen LogP contribution in [0.15, 0.2) is 17.2 Å². The Hall–Kier alpha value is -3.47. The average Bonchev–Trinajstić information content (AvgIpc) is 3.42. The average molecular weight is 428 g/mol. The molecule has 0 aliphatic heterocycles. The Balaban J connectivity index is 1.72. The smallest absolute Gasteiger partial charge is 0.308 e. The third-order valence-corrected chi connectivity index (χ3v) is 4.98. The maximum Gasteiger partial charge on any atom is 0.308 e. The second-order valence-electron chi connectivity index (χ2n) is 6.64. The van der Waals surface area contributed by atoms with E-state index in [1.54, 1.807) is 18.3 Å². The molecule has 0 bridgehead atoms.